The molecule has 3 atom stereocenters. The fraction of sp³-hybridized carbons (Fsp3) is 1.00. The van der Waals surface area contributed by atoms with E-state index in [1.54, 1.807) is 0 Å². The molecule has 1 aliphatic carbocycles. The van der Waals surface area contributed by atoms with Crippen molar-refractivity contribution in [1.82, 2.24) is 5.32 Å². The van der Waals surface area contributed by atoms with E-state index in [0.29, 0.717) is 6.04 Å². The molecule has 0 aromatic heterocycles. The Balaban J connectivity index is 2.15. The number of hydrogen-bond acceptors (Lipinski definition) is 2. The molecule has 2 nitrogen and oxygen atoms in total. The Bertz CT molecular complexity index is 136. The van der Waals surface area contributed by atoms with E-state index in [-0.39, 0.29) is 0 Å². The van der Waals surface area contributed by atoms with Crippen molar-refractivity contribution in [3.05, 3.63) is 0 Å². The topological polar surface area (TPSA) is 32.3 Å². The Morgan fingerprint density at radius 1 is 1.50 bits per heavy atom. The van der Waals surface area contributed by atoms with Gasteiger partial charge in [-0.3, -0.25) is 0 Å². The Kier molecular flexibility index (Phi) is 1.29. The number of aliphatic hydroxyl groups is 1. The van der Waals surface area contributed by atoms with Gasteiger partial charge in [0.15, 0.2) is 0 Å². The Morgan fingerprint density at radius 3 is 2.50 bits per heavy atom. The monoisotopic (exact) mass is 141 g/mol. The molecule has 2 N–H and O–H groups in total. The molecular weight excluding hydrogens is 126 g/mol. The molecule has 0 aromatic rings. The maximum absolute atomic E-state index is 9.80. The third-order valence-corrected chi connectivity index (χ3v) is 2.97. The van der Waals surface area contributed by atoms with Gasteiger partial charge in [-0.15, -0.1) is 0 Å². The summed E-state index contributed by atoms with van der Waals surface area (Å²) >= 11 is 0. The highest BCUT2D eigenvalue weighted by molar-refractivity contribution is 4.99. The molecule has 58 valence electrons. The molecule has 0 radical (unpaired) electrons. The lowest BCUT2D eigenvalue weighted by molar-refractivity contribution is -0.0554. The van der Waals surface area contributed by atoms with Crippen LogP contribution in [-0.4, -0.2) is 23.3 Å². The van der Waals surface area contributed by atoms with Crippen LogP contribution in [0.2, 0.25) is 0 Å². The molecule has 10 heavy (non-hydrogen) atoms. The molecular formula is C8H15NO. The van der Waals surface area contributed by atoms with Crippen molar-refractivity contribution >= 4 is 0 Å². The summed E-state index contributed by atoms with van der Waals surface area (Å²) in [6.45, 7) is 3.08. The Labute approximate surface area is 61.6 Å². The van der Waals surface area contributed by atoms with E-state index in [2.05, 4.69) is 5.32 Å². The average Bonchev–Trinajstić information content (AvgIpc) is 1.87. The van der Waals surface area contributed by atoms with Gasteiger partial charge in [0.25, 0.3) is 0 Å². The van der Waals surface area contributed by atoms with Crippen molar-refractivity contribution in [3.8, 4) is 0 Å². The van der Waals surface area contributed by atoms with E-state index in [9.17, 15) is 5.11 Å². The summed E-state index contributed by atoms with van der Waals surface area (Å²) in [5.41, 5.74) is -0.416. The minimum Gasteiger partial charge on any atom is -0.389 e. The number of rotatable bonds is 0. The maximum atomic E-state index is 9.80. The number of nitrogens with one attached hydrogen (secondary N) is 1. The van der Waals surface area contributed by atoms with Crippen LogP contribution < -0.4 is 5.32 Å². The van der Waals surface area contributed by atoms with Gasteiger partial charge in [0.2, 0.25) is 0 Å². The number of hydrogen-bond donors (Lipinski definition) is 2. The highest BCUT2D eigenvalue weighted by atomic mass is 16.3. The van der Waals surface area contributed by atoms with Crippen LogP contribution >= 0.6 is 0 Å². The van der Waals surface area contributed by atoms with E-state index < -0.39 is 5.60 Å². The van der Waals surface area contributed by atoms with Gasteiger partial charge in [0.1, 0.15) is 0 Å². The first-order chi connectivity index (χ1) is 4.68. The molecule has 0 spiro atoms. The summed E-state index contributed by atoms with van der Waals surface area (Å²) in [5.74, 6) is 0.736. The van der Waals surface area contributed by atoms with Gasteiger partial charge in [0, 0.05) is 6.04 Å². The number of fused-ring (bicyclic) bond motifs is 3. The van der Waals surface area contributed by atoms with Gasteiger partial charge in [-0.25, -0.2) is 0 Å². The fourth-order valence-electron chi connectivity index (χ4n) is 2.35. The van der Waals surface area contributed by atoms with E-state index >= 15 is 0 Å². The van der Waals surface area contributed by atoms with Gasteiger partial charge in [-0.2, -0.15) is 0 Å². The second-order valence-corrected chi connectivity index (χ2v) is 3.97. The SMILES string of the molecule is CC1(O)C[C@H]2CC[C@@H]1NC2. The second-order valence-electron chi connectivity index (χ2n) is 3.97. The standard InChI is InChI=1S/C8H15NO/c1-8(10)4-6-2-3-7(8)9-5-6/h6-7,9-10H,2-5H2,1H3/t6-,7+,8?/m1/s1. The molecule has 0 amide bonds. The minimum absolute atomic E-state index is 0.373. The van der Waals surface area contributed by atoms with Crippen molar-refractivity contribution in [1.29, 1.82) is 0 Å². The van der Waals surface area contributed by atoms with Crippen LogP contribution in [0, 0.1) is 5.92 Å². The zero-order valence-electron chi connectivity index (χ0n) is 6.43. The molecule has 2 aliphatic heterocycles. The van der Waals surface area contributed by atoms with Gasteiger partial charge in [-0.05, 0) is 38.6 Å². The fourth-order valence-corrected chi connectivity index (χ4v) is 2.35. The highest BCUT2D eigenvalue weighted by Gasteiger charge is 2.42. The first-order valence-electron chi connectivity index (χ1n) is 4.14. The molecule has 1 unspecified atom stereocenters. The van der Waals surface area contributed by atoms with Crippen molar-refractivity contribution in [3.63, 3.8) is 0 Å². The van der Waals surface area contributed by atoms with Gasteiger partial charge >= 0.3 is 0 Å². The molecule has 0 aromatic carbocycles. The van der Waals surface area contributed by atoms with Crippen LogP contribution in [0.4, 0.5) is 0 Å². The van der Waals surface area contributed by atoms with Crippen molar-refractivity contribution in [2.45, 2.75) is 37.8 Å². The normalized spacial score (nSPS) is 53.4. The third-order valence-electron chi connectivity index (χ3n) is 2.97. The predicted octanol–water partition coefficient (Wildman–Crippen LogP) is 0.509. The second kappa shape index (κ2) is 1.95. The van der Waals surface area contributed by atoms with Crippen LogP contribution in [0.1, 0.15) is 26.2 Å². The molecule has 2 heteroatoms. The highest BCUT2D eigenvalue weighted by Crippen LogP contribution is 2.35. The van der Waals surface area contributed by atoms with Gasteiger partial charge < -0.3 is 10.4 Å². The quantitative estimate of drug-likeness (QED) is 0.515. The van der Waals surface area contributed by atoms with Crippen LogP contribution in [0.5, 0.6) is 0 Å². The molecule has 3 rings (SSSR count). The Hall–Kier alpha value is -0.0800. The first-order valence-corrected chi connectivity index (χ1v) is 4.14. The summed E-state index contributed by atoms with van der Waals surface area (Å²) in [7, 11) is 0. The lowest BCUT2D eigenvalue weighted by Crippen LogP contribution is -2.59. The molecule has 2 saturated heterocycles. The minimum atomic E-state index is -0.416. The lowest BCUT2D eigenvalue weighted by Gasteiger charge is -2.47. The Morgan fingerprint density at radius 2 is 2.30 bits per heavy atom. The van der Waals surface area contributed by atoms with Gasteiger partial charge in [0.05, 0.1) is 5.60 Å². The summed E-state index contributed by atoms with van der Waals surface area (Å²) in [6, 6.07) is 0.373. The zero-order valence-corrected chi connectivity index (χ0v) is 6.43. The van der Waals surface area contributed by atoms with E-state index in [1.807, 2.05) is 6.92 Å². The molecule has 3 aliphatic rings. The van der Waals surface area contributed by atoms with E-state index in [1.165, 1.54) is 6.42 Å². The summed E-state index contributed by atoms with van der Waals surface area (Å²) in [4.78, 5) is 0. The predicted molar refractivity (Wildman–Crippen MR) is 39.8 cm³/mol. The van der Waals surface area contributed by atoms with E-state index in [0.717, 1.165) is 25.3 Å². The molecule has 3 fully saturated rings. The number of piperidine rings is 2. The zero-order chi connectivity index (χ0) is 7.19. The molecule has 1 saturated carbocycles. The van der Waals surface area contributed by atoms with Crippen molar-refractivity contribution in [2.24, 2.45) is 5.92 Å². The maximum Gasteiger partial charge on any atom is 0.0775 e. The van der Waals surface area contributed by atoms with Gasteiger partial charge in [-0.1, -0.05) is 0 Å². The summed E-state index contributed by atoms with van der Waals surface area (Å²) < 4.78 is 0. The summed E-state index contributed by atoms with van der Waals surface area (Å²) in [6.07, 6.45) is 3.48. The largest absolute Gasteiger partial charge is 0.389 e. The summed E-state index contributed by atoms with van der Waals surface area (Å²) in [5, 5.41) is 13.2. The lowest BCUT2D eigenvalue weighted by atomic mass is 9.72. The van der Waals surface area contributed by atoms with Crippen LogP contribution in [0.15, 0.2) is 0 Å². The van der Waals surface area contributed by atoms with E-state index in [4.69, 9.17) is 0 Å². The van der Waals surface area contributed by atoms with Crippen LogP contribution in [-0.2, 0) is 0 Å². The molecule has 2 bridgehead atoms. The van der Waals surface area contributed by atoms with Crippen molar-refractivity contribution in [2.75, 3.05) is 6.54 Å². The molecule has 2 heterocycles. The first kappa shape index (κ1) is 6.62. The smallest absolute Gasteiger partial charge is 0.0775 e. The third kappa shape index (κ3) is 0.867. The average molecular weight is 141 g/mol. The van der Waals surface area contributed by atoms with Crippen LogP contribution in [0.25, 0.3) is 0 Å². The van der Waals surface area contributed by atoms with Crippen LogP contribution in [0.3, 0.4) is 0 Å². The van der Waals surface area contributed by atoms with Crippen molar-refractivity contribution < 1.29 is 5.11 Å².